The minimum atomic E-state index is 1.04. The lowest BCUT2D eigenvalue weighted by Gasteiger charge is -2.19. The molecule has 23 heavy (non-hydrogen) atoms. The molecule has 0 radical (unpaired) electrons. The molecule has 0 fully saturated rings. The van der Waals surface area contributed by atoms with E-state index in [4.69, 9.17) is 4.98 Å². The second-order valence-corrected chi connectivity index (χ2v) is 5.93. The third-order valence-electron chi connectivity index (χ3n) is 4.24. The molecule has 112 valence electrons. The molecule has 0 N–H and O–H groups in total. The topological polar surface area (TPSA) is 16.1 Å². The number of hydrogen-bond donors (Lipinski definition) is 0. The Morgan fingerprint density at radius 1 is 0.652 bits per heavy atom. The summed E-state index contributed by atoms with van der Waals surface area (Å²) in [6.45, 7) is 0. The van der Waals surface area contributed by atoms with Gasteiger partial charge in [-0.3, -0.25) is 0 Å². The fourth-order valence-electron chi connectivity index (χ4n) is 3.21. The van der Waals surface area contributed by atoms with Crippen LogP contribution in [0, 0.1) is 0 Å². The summed E-state index contributed by atoms with van der Waals surface area (Å²) in [5.41, 5.74) is 5.79. The van der Waals surface area contributed by atoms with Gasteiger partial charge in [0.15, 0.2) is 0 Å². The number of fused-ring (bicyclic) bond motifs is 2. The third-order valence-corrected chi connectivity index (χ3v) is 4.24. The van der Waals surface area contributed by atoms with Crippen LogP contribution in [0.3, 0.4) is 0 Å². The average molecular weight is 298 g/mol. The molecular weight excluding hydrogens is 280 g/mol. The zero-order chi connectivity index (χ0) is 15.8. The summed E-state index contributed by atoms with van der Waals surface area (Å²) < 4.78 is 0. The van der Waals surface area contributed by atoms with E-state index in [-0.39, 0.29) is 0 Å². The van der Waals surface area contributed by atoms with Gasteiger partial charge in [0, 0.05) is 41.7 Å². The van der Waals surface area contributed by atoms with E-state index >= 15 is 0 Å². The fourth-order valence-corrected chi connectivity index (χ4v) is 3.21. The number of nitrogens with zero attached hydrogens (tertiary/aromatic N) is 2. The SMILES string of the molecule is CN(C)c1ccccc1-c1c2ccccc2nc2ccccc12. The fraction of sp³-hybridized carbons (Fsp3) is 0.0952. The molecule has 0 unspecified atom stereocenters. The molecule has 3 aromatic carbocycles. The summed E-state index contributed by atoms with van der Waals surface area (Å²) >= 11 is 0. The average Bonchev–Trinajstić information content (AvgIpc) is 2.59. The predicted octanol–water partition coefficient (Wildman–Crippen LogP) is 5.12. The molecule has 1 aromatic heterocycles. The molecular formula is C21H18N2. The summed E-state index contributed by atoms with van der Waals surface area (Å²) in [5, 5.41) is 2.39. The molecule has 2 heteroatoms. The van der Waals surface area contributed by atoms with Gasteiger partial charge < -0.3 is 4.90 Å². The lowest BCUT2D eigenvalue weighted by molar-refractivity contribution is 1.13. The Morgan fingerprint density at radius 3 is 1.78 bits per heavy atom. The molecule has 0 aliphatic rings. The van der Waals surface area contributed by atoms with E-state index in [1.165, 1.54) is 27.6 Å². The van der Waals surface area contributed by atoms with Crippen molar-refractivity contribution in [1.82, 2.24) is 4.98 Å². The number of rotatable bonds is 2. The zero-order valence-corrected chi connectivity index (χ0v) is 13.3. The first-order chi connectivity index (χ1) is 11.3. The molecule has 0 saturated carbocycles. The van der Waals surface area contributed by atoms with E-state index in [2.05, 4.69) is 79.7 Å². The highest BCUT2D eigenvalue weighted by atomic mass is 15.1. The van der Waals surface area contributed by atoms with Gasteiger partial charge in [0.2, 0.25) is 0 Å². The van der Waals surface area contributed by atoms with Crippen LogP contribution in [-0.4, -0.2) is 19.1 Å². The van der Waals surface area contributed by atoms with Crippen molar-refractivity contribution in [2.45, 2.75) is 0 Å². The Hall–Kier alpha value is -2.87. The summed E-state index contributed by atoms with van der Waals surface area (Å²) in [6, 6.07) is 25.3. The van der Waals surface area contributed by atoms with Gasteiger partial charge in [-0.25, -0.2) is 4.98 Å². The summed E-state index contributed by atoms with van der Waals surface area (Å²) in [4.78, 5) is 6.99. The van der Waals surface area contributed by atoms with Gasteiger partial charge >= 0.3 is 0 Å². The molecule has 4 aromatic rings. The predicted molar refractivity (Wildman–Crippen MR) is 99.0 cm³/mol. The van der Waals surface area contributed by atoms with Gasteiger partial charge in [0.05, 0.1) is 11.0 Å². The van der Waals surface area contributed by atoms with Crippen LogP contribution in [0.2, 0.25) is 0 Å². The van der Waals surface area contributed by atoms with Gasteiger partial charge in [-0.05, 0) is 18.2 Å². The molecule has 0 aliphatic carbocycles. The van der Waals surface area contributed by atoms with Crippen molar-refractivity contribution in [1.29, 1.82) is 0 Å². The van der Waals surface area contributed by atoms with Crippen LogP contribution in [-0.2, 0) is 0 Å². The van der Waals surface area contributed by atoms with Crippen molar-refractivity contribution >= 4 is 27.5 Å². The van der Waals surface area contributed by atoms with Crippen LogP contribution in [0.5, 0.6) is 0 Å². The van der Waals surface area contributed by atoms with Crippen molar-refractivity contribution in [3.05, 3.63) is 72.8 Å². The van der Waals surface area contributed by atoms with Crippen LogP contribution in [0.15, 0.2) is 72.8 Å². The number of aromatic nitrogens is 1. The molecule has 0 atom stereocenters. The van der Waals surface area contributed by atoms with Gasteiger partial charge in [0.25, 0.3) is 0 Å². The van der Waals surface area contributed by atoms with Gasteiger partial charge in [-0.15, -0.1) is 0 Å². The number of benzene rings is 3. The van der Waals surface area contributed by atoms with E-state index in [1.54, 1.807) is 0 Å². The lowest BCUT2D eigenvalue weighted by Crippen LogP contribution is -2.10. The maximum absolute atomic E-state index is 4.82. The molecule has 0 saturated heterocycles. The van der Waals surface area contributed by atoms with Crippen LogP contribution < -0.4 is 4.90 Å². The number of hydrogen-bond acceptors (Lipinski definition) is 2. The van der Waals surface area contributed by atoms with Crippen LogP contribution in [0.4, 0.5) is 5.69 Å². The van der Waals surface area contributed by atoms with E-state index in [1.807, 2.05) is 12.1 Å². The summed E-state index contributed by atoms with van der Waals surface area (Å²) in [6.07, 6.45) is 0. The molecule has 0 bridgehead atoms. The van der Waals surface area contributed by atoms with Gasteiger partial charge in [-0.2, -0.15) is 0 Å². The van der Waals surface area contributed by atoms with Crippen LogP contribution >= 0.6 is 0 Å². The third kappa shape index (κ3) is 2.23. The number of para-hydroxylation sites is 3. The second kappa shape index (κ2) is 5.40. The summed E-state index contributed by atoms with van der Waals surface area (Å²) in [7, 11) is 4.18. The van der Waals surface area contributed by atoms with E-state index in [0.29, 0.717) is 0 Å². The van der Waals surface area contributed by atoms with E-state index in [9.17, 15) is 0 Å². The smallest absolute Gasteiger partial charge is 0.0715 e. The number of anilines is 1. The van der Waals surface area contributed by atoms with E-state index in [0.717, 1.165) is 11.0 Å². The highest BCUT2D eigenvalue weighted by Crippen LogP contribution is 2.39. The Morgan fingerprint density at radius 2 is 1.17 bits per heavy atom. The standard InChI is InChI=1S/C21H18N2/c1-23(2)20-14-8-5-11-17(20)21-15-9-3-6-12-18(15)22-19-13-7-4-10-16(19)21/h3-14H,1-2H3. The van der Waals surface area contributed by atoms with Crippen molar-refractivity contribution in [3.63, 3.8) is 0 Å². The molecule has 0 aliphatic heterocycles. The number of pyridine rings is 1. The summed E-state index contributed by atoms with van der Waals surface area (Å²) in [5.74, 6) is 0. The molecule has 0 amide bonds. The Balaban J connectivity index is 2.20. The maximum atomic E-state index is 4.82. The lowest BCUT2D eigenvalue weighted by atomic mass is 9.94. The molecule has 2 nitrogen and oxygen atoms in total. The van der Waals surface area contributed by atoms with Crippen LogP contribution in [0.1, 0.15) is 0 Å². The Kier molecular flexibility index (Phi) is 3.23. The molecule has 0 spiro atoms. The minimum absolute atomic E-state index is 1.04. The van der Waals surface area contributed by atoms with E-state index < -0.39 is 0 Å². The quantitative estimate of drug-likeness (QED) is 0.477. The van der Waals surface area contributed by atoms with Crippen molar-refractivity contribution in [2.75, 3.05) is 19.0 Å². The first-order valence-corrected chi connectivity index (χ1v) is 7.80. The first-order valence-electron chi connectivity index (χ1n) is 7.80. The first kappa shape index (κ1) is 13.8. The monoisotopic (exact) mass is 298 g/mol. The Labute approximate surface area is 136 Å². The van der Waals surface area contributed by atoms with Gasteiger partial charge in [0.1, 0.15) is 0 Å². The Bertz CT molecular complexity index is 949. The minimum Gasteiger partial charge on any atom is -0.377 e. The van der Waals surface area contributed by atoms with Crippen molar-refractivity contribution < 1.29 is 0 Å². The molecule has 4 rings (SSSR count). The van der Waals surface area contributed by atoms with Crippen molar-refractivity contribution in [3.8, 4) is 11.1 Å². The van der Waals surface area contributed by atoms with Crippen molar-refractivity contribution in [2.24, 2.45) is 0 Å². The largest absolute Gasteiger partial charge is 0.377 e. The van der Waals surface area contributed by atoms with Gasteiger partial charge in [-0.1, -0.05) is 54.6 Å². The molecule has 1 heterocycles. The highest BCUT2D eigenvalue weighted by Gasteiger charge is 2.14. The van der Waals surface area contributed by atoms with Crippen LogP contribution in [0.25, 0.3) is 32.9 Å². The second-order valence-electron chi connectivity index (χ2n) is 5.93. The highest BCUT2D eigenvalue weighted by molar-refractivity contribution is 6.11. The maximum Gasteiger partial charge on any atom is 0.0715 e. The normalized spacial score (nSPS) is 11.0. The zero-order valence-electron chi connectivity index (χ0n) is 13.3.